The molecule has 1 N–H and O–H groups in total. The van der Waals surface area contributed by atoms with Crippen molar-refractivity contribution in [3.8, 4) is 0 Å². The highest BCUT2D eigenvalue weighted by Gasteiger charge is 2.35. The molecule has 1 saturated carbocycles. The summed E-state index contributed by atoms with van der Waals surface area (Å²) in [7, 11) is 0. The lowest BCUT2D eigenvalue weighted by Crippen LogP contribution is -2.48. The molecule has 0 amide bonds. The van der Waals surface area contributed by atoms with Gasteiger partial charge in [0, 0.05) is 6.04 Å². The fraction of sp³-hybridized carbons (Fsp3) is 1.00. The Morgan fingerprint density at radius 3 is 2.24 bits per heavy atom. The number of alkyl halides is 3. The summed E-state index contributed by atoms with van der Waals surface area (Å²) >= 11 is 0. The van der Waals surface area contributed by atoms with Gasteiger partial charge in [-0.25, -0.2) is 0 Å². The molecule has 2 unspecified atom stereocenters. The Hall–Kier alpha value is -0.290. The summed E-state index contributed by atoms with van der Waals surface area (Å²) in [5, 5.41) is 9.96. The van der Waals surface area contributed by atoms with Gasteiger partial charge < -0.3 is 5.11 Å². The summed E-state index contributed by atoms with van der Waals surface area (Å²) < 4.78 is 37.3. The van der Waals surface area contributed by atoms with E-state index < -0.39 is 18.8 Å². The lowest BCUT2D eigenvalue weighted by atomic mass is 9.93. The van der Waals surface area contributed by atoms with E-state index in [4.69, 9.17) is 0 Å². The number of likely N-dealkylation sites (N-methyl/N-ethyl adjacent to an activating group) is 1. The Kier molecular flexibility index (Phi) is 5.73. The Morgan fingerprint density at radius 2 is 1.71 bits per heavy atom. The SMILES string of the molecule is CCN(CC(F)(F)F)C1CCCCCCC1O. The van der Waals surface area contributed by atoms with Crippen molar-refractivity contribution >= 4 is 0 Å². The number of aliphatic hydroxyl groups is 1. The molecule has 0 saturated heterocycles. The van der Waals surface area contributed by atoms with Crippen LogP contribution in [0.5, 0.6) is 0 Å². The van der Waals surface area contributed by atoms with Gasteiger partial charge in [0.2, 0.25) is 0 Å². The van der Waals surface area contributed by atoms with Gasteiger partial charge in [0.05, 0.1) is 12.6 Å². The van der Waals surface area contributed by atoms with Crippen molar-refractivity contribution in [3.05, 3.63) is 0 Å². The molecule has 0 aliphatic heterocycles. The minimum atomic E-state index is -4.18. The standard InChI is InChI=1S/C12H22F3NO/c1-2-16(9-12(13,14)15)10-7-5-3-4-6-8-11(10)17/h10-11,17H,2-9H2,1H3. The summed E-state index contributed by atoms with van der Waals surface area (Å²) in [5.74, 6) is 0. The highest BCUT2D eigenvalue weighted by atomic mass is 19.4. The topological polar surface area (TPSA) is 23.5 Å². The smallest absolute Gasteiger partial charge is 0.391 e. The lowest BCUT2D eigenvalue weighted by molar-refractivity contribution is -0.156. The molecule has 0 aromatic heterocycles. The number of nitrogens with zero attached hydrogens (tertiary/aromatic N) is 1. The number of hydrogen-bond donors (Lipinski definition) is 1. The van der Waals surface area contributed by atoms with Crippen molar-refractivity contribution in [2.24, 2.45) is 0 Å². The molecule has 1 aliphatic carbocycles. The second kappa shape index (κ2) is 6.59. The molecule has 1 fully saturated rings. The summed E-state index contributed by atoms with van der Waals surface area (Å²) in [4.78, 5) is 1.37. The van der Waals surface area contributed by atoms with Crippen LogP contribution in [0.3, 0.4) is 0 Å². The first-order chi connectivity index (χ1) is 7.94. The summed E-state index contributed by atoms with van der Waals surface area (Å²) in [6, 6.07) is -0.332. The second-order valence-electron chi connectivity index (χ2n) is 4.80. The third-order valence-electron chi connectivity index (χ3n) is 3.45. The van der Waals surface area contributed by atoms with Crippen LogP contribution in [0.25, 0.3) is 0 Å². The highest BCUT2D eigenvalue weighted by molar-refractivity contribution is 4.81. The maximum absolute atomic E-state index is 12.4. The average molecular weight is 253 g/mol. The van der Waals surface area contributed by atoms with E-state index in [9.17, 15) is 18.3 Å². The predicted octanol–water partition coefficient (Wildman–Crippen LogP) is 2.95. The third kappa shape index (κ3) is 5.25. The van der Waals surface area contributed by atoms with E-state index in [1.165, 1.54) is 4.90 Å². The molecule has 0 aromatic carbocycles. The number of hydrogen-bond acceptors (Lipinski definition) is 2. The Labute approximate surface area is 101 Å². The van der Waals surface area contributed by atoms with Gasteiger partial charge in [-0.15, -0.1) is 0 Å². The van der Waals surface area contributed by atoms with Gasteiger partial charge in [0.25, 0.3) is 0 Å². The van der Waals surface area contributed by atoms with Crippen LogP contribution in [0.15, 0.2) is 0 Å². The van der Waals surface area contributed by atoms with Crippen LogP contribution in [0.2, 0.25) is 0 Å². The second-order valence-corrected chi connectivity index (χ2v) is 4.80. The molecule has 0 radical (unpaired) electrons. The van der Waals surface area contributed by atoms with Crippen molar-refractivity contribution < 1.29 is 18.3 Å². The van der Waals surface area contributed by atoms with Gasteiger partial charge in [-0.2, -0.15) is 13.2 Å². The van der Waals surface area contributed by atoms with Crippen molar-refractivity contribution in [2.75, 3.05) is 13.1 Å². The van der Waals surface area contributed by atoms with Crippen molar-refractivity contribution in [1.82, 2.24) is 4.90 Å². The van der Waals surface area contributed by atoms with Crippen molar-refractivity contribution in [2.45, 2.75) is 63.8 Å². The number of halogens is 3. The van der Waals surface area contributed by atoms with Crippen LogP contribution in [0.1, 0.15) is 45.4 Å². The molecule has 0 spiro atoms. The van der Waals surface area contributed by atoms with E-state index in [0.717, 1.165) is 25.7 Å². The van der Waals surface area contributed by atoms with Crippen LogP contribution >= 0.6 is 0 Å². The van der Waals surface area contributed by atoms with Gasteiger partial charge in [-0.3, -0.25) is 4.90 Å². The monoisotopic (exact) mass is 253 g/mol. The molecule has 102 valence electrons. The molecule has 0 heterocycles. The maximum Gasteiger partial charge on any atom is 0.401 e. The van der Waals surface area contributed by atoms with E-state index in [1.54, 1.807) is 6.92 Å². The molecule has 0 aromatic rings. The van der Waals surface area contributed by atoms with E-state index in [2.05, 4.69) is 0 Å². The molecule has 0 bridgehead atoms. The quantitative estimate of drug-likeness (QED) is 0.836. The first kappa shape index (κ1) is 14.8. The van der Waals surface area contributed by atoms with Gasteiger partial charge >= 0.3 is 6.18 Å². The van der Waals surface area contributed by atoms with E-state index >= 15 is 0 Å². The fourth-order valence-electron chi connectivity index (χ4n) is 2.57. The van der Waals surface area contributed by atoms with Gasteiger partial charge in [-0.1, -0.05) is 32.6 Å². The molecule has 1 rings (SSSR count). The Balaban J connectivity index is 2.62. The van der Waals surface area contributed by atoms with E-state index in [-0.39, 0.29) is 6.04 Å². The molecular formula is C12H22F3NO. The zero-order valence-electron chi connectivity index (χ0n) is 10.3. The fourth-order valence-corrected chi connectivity index (χ4v) is 2.57. The van der Waals surface area contributed by atoms with Crippen molar-refractivity contribution in [1.29, 1.82) is 0 Å². The zero-order chi connectivity index (χ0) is 12.9. The summed E-state index contributed by atoms with van der Waals surface area (Å²) in [6.45, 7) is 1.14. The molecule has 1 aliphatic rings. The van der Waals surface area contributed by atoms with Gasteiger partial charge in [0.1, 0.15) is 0 Å². The third-order valence-corrected chi connectivity index (χ3v) is 3.45. The minimum absolute atomic E-state index is 0.332. The van der Waals surface area contributed by atoms with Crippen molar-refractivity contribution in [3.63, 3.8) is 0 Å². The first-order valence-electron chi connectivity index (χ1n) is 6.43. The maximum atomic E-state index is 12.4. The molecular weight excluding hydrogens is 231 g/mol. The Bertz CT molecular complexity index is 220. The molecule has 17 heavy (non-hydrogen) atoms. The zero-order valence-corrected chi connectivity index (χ0v) is 10.3. The van der Waals surface area contributed by atoms with Crippen LogP contribution in [0, 0.1) is 0 Å². The predicted molar refractivity (Wildman–Crippen MR) is 60.8 cm³/mol. The van der Waals surface area contributed by atoms with Crippen LogP contribution in [-0.4, -0.2) is 41.4 Å². The first-order valence-corrected chi connectivity index (χ1v) is 6.43. The average Bonchev–Trinajstić information content (AvgIpc) is 2.20. The largest absolute Gasteiger partial charge is 0.401 e. The lowest BCUT2D eigenvalue weighted by Gasteiger charge is -2.35. The molecule has 2 atom stereocenters. The minimum Gasteiger partial charge on any atom is -0.391 e. The Morgan fingerprint density at radius 1 is 1.12 bits per heavy atom. The normalized spacial score (nSPS) is 27.9. The molecule has 2 nitrogen and oxygen atoms in total. The number of rotatable bonds is 3. The van der Waals surface area contributed by atoms with Gasteiger partial charge in [-0.05, 0) is 19.4 Å². The number of aliphatic hydroxyl groups excluding tert-OH is 1. The summed E-state index contributed by atoms with van der Waals surface area (Å²) in [5.41, 5.74) is 0. The van der Waals surface area contributed by atoms with Crippen LogP contribution in [-0.2, 0) is 0 Å². The molecule has 5 heteroatoms. The summed E-state index contributed by atoms with van der Waals surface area (Å²) in [6.07, 6.45) is 0.471. The van der Waals surface area contributed by atoms with Crippen LogP contribution < -0.4 is 0 Å². The van der Waals surface area contributed by atoms with Crippen LogP contribution in [0.4, 0.5) is 13.2 Å². The van der Waals surface area contributed by atoms with Gasteiger partial charge in [0.15, 0.2) is 0 Å². The highest BCUT2D eigenvalue weighted by Crippen LogP contribution is 2.25. The van der Waals surface area contributed by atoms with E-state index in [0.29, 0.717) is 19.4 Å². The van der Waals surface area contributed by atoms with E-state index in [1.807, 2.05) is 0 Å².